The van der Waals surface area contributed by atoms with Crippen LogP contribution in [0.25, 0.3) is 0 Å². The lowest BCUT2D eigenvalue weighted by Crippen LogP contribution is -2.24. The highest BCUT2D eigenvalue weighted by atomic mass is 19.1. The van der Waals surface area contributed by atoms with Crippen LogP contribution in [-0.2, 0) is 0 Å². The molecule has 0 saturated heterocycles. The van der Waals surface area contributed by atoms with E-state index in [1.165, 1.54) is 12.1 Å². The second-order valence-corrected chi connectivity index (χ2v) is 4.26. The summed E-state index contributed by atoms with van der Waals surface area (Å²) in [7, 11) is 0. The van der Waals surface area contributed by atoms with Gasteiger partial charge >= 0.3 is 0 Å². The predicted molar refractivity (Wildman–Crippen MR) is 72.5 cm³/mol. The zero-order chi connectivity index (χ0) is 13.5. The van der Waals surface area contributed by atoms with E-state index in [1.807, 2.05) is 19.1 Å². The molecule has 0 bridgehead atoms. The average Bonchev–Trinajstić information content (AvgIpc) is 2.45. The minimum atomic E-state index is -0.212. The molecule has 0 spiro atoms. The summed E-state index contributed by atoms with van der Waals surface area (Å²) in [4.78, 5) is 3.97. The van der Waals surface area contributed by atoms with Gasteiger partial charge in [0, 0.05) is 18.8 Å². The Hall–Kier alpha value is -1.94. The van der Waals surface area contributed by atoms with Gasteiger partial charge in [-0.15, -0.1) is 0 Å². The molecule has 0 fully saturated rings. The second kappa shape index (κ2) is 6.85. The van der Waals surface area contributed by atoms with Crippen molar-refractivity contribution in [3.05, 3.63) is 60.2 Å². The first kappa shape index (κ1) is 13.5. The number of ether oxygens (including phenoxy) is 1. The van der Waals surface area contributed by atoms with Gasteiger partial charge in [-0.3, -0.25) is 4.98 Å². The number of hydrogen-bond acceptors (Lipinski definition) is 3. The Morgan fingerprint density at radius 2 is 2.05 bits per heavy atom. The van der Waals surface area contributed by atoms with Gasteiger partial charge in [-0.1, -0.05) is 12.1 Å². The first-order valence-corrected chi connectivity index (χ1v) is 6.27. The van der Waals surface area contributed by atoms with Gasteiger partial charge < -0.3 is 10.1 Å². The van der Waals surface area contributed by atoms with E-state index in [1.54, 1.807) is 24.5 Å². The van der Waals surface area contributed by atoms with Gasteiger partial charge in [-0.2, -0.15) is 0 Å². The number of aromatic nitrogens is 1. The van der Waals surface area contributed by atoms with Gasteiger partial charge in [-0.25, -0.2) is 4.39 Å². The normalized spacial score (nSPS) is 12.1. The third-order valence-electron chi connectivity index (χ3n) is 2.83. The molecule has 4 heteroatoms. The monoisotopic (exact) mass is 260 g/mol. The Morgan fingerprint density at radius 3 is 2.74 bits per heavy atom. The number of halogens is 1. The zero-order valence-electron chi connectivity index (χ0n) is 10.8. The minimum absolute atomic E-state index is 0.165. The van der Waals surface area contributed by atoms with Crippen LogP contribution in [-0.4, -0.2) is 18.1 Å². The highest BCUT2D eigenvalue weighted by Crippen LogP contribution is 2.12. The maximum Gasteiger partial charge on any atom is 0.137 e. The number of pyridine rings is 1. The maximum absolute atomic E-state index is 12.8. The molecule has 0 saturated carbocycles. The van der Waals surface area contributed by atoms with Crippen LogP contribution < -0.4 is 10.1 Å². The van der Waals surface area contributed by atoms with Gasteiger partial charge in [0.1, 0.15) is 18.2 Å². The topological polar surface area (TPSA) is 34.1 Å². The van der Waals surface area contributed by atoms with Crippen molar-refractivity contribution in [3.63, 3.8) is 0 Å². The van der Waals surface area contributed by atoms with Crippen molar-refractivity contribution in [2.45, 2.75) is 13.0 Å². The molecule has 0 amide bonds. The molecule has 0 unspecified atom stereocenters. The van der Waals surface area contributed by atoms with Gasteiger partial charge in [0.25, 0.3) is 0 Å². The molecule has 19 heavy (non-hydrogen) atoms. The first-order chi connectivity index (χ1) is 9.25. The van der Waals surface area contributed by atoms with Crippen molar-refractivity contribution in [2.24, 2.45) is 0 Å². The average molecular weight is 260 g/mol. The molecule has 1 aromatic heterocycles. The number of nitrogens with zero attached hydrogens (tertiary/aromatic N) is 1. The van der Waals surface area contributed by atoms with E-state index in [-0.39, 0.29) is 11.9 Å². The van der Waals surface area contributed by atoms with Gasteiger partial charge in [0.2, 0.25) is 0 Å². The summed E-state index contributed by atoms with van der Waals surface area (Å²) in [5, 5.41) is 3.32. The summed E-state index contributed by atoms with van der Waals surface area (Å²) in [5.74, 6) is 0.551. The molecular formula is C15H17FN2O. The van der Waals surface area contributed by atoms with E-state index in [4.69, 9.17) is 4.74 Å². The Bertz CT molecular complexity index is 487. The van der Waals surface area contributed by atoms with Crippen LogP contribution in [0, 0.1) is 5.82 Å². The van der Waals surface area contributed by atoms with E-state index < -0.39 is 0 Å². The van der Waals surface area contributed by atoms with Crippen LogP contribution in [0.2, 0.25) is 0 Å². The molecule has 0 aliphatic carbocycles. The van der Waals surface area contributed by atoms with Crippen LogP contribution in [0.1, 0.15) is 18.5 Å². The van der Waals surface area contributed by atoms with E-state index >= 15 is 0 Å². The van der Waals surface area contributed by atoms with Crippen molar-refractivity contribution in [1.29, 1.82) is 0 Å². The molecule has 1 heterocycles. The maximum atomic E-state index is 12.8. The fraction of sp³-hybridized carbons (Fsp3) is 0.267. The Labute approximate surface area is 112 Å². The highest BCUT2D eigenvalue weighted by molar-refractivity contribution is 5.19. The van der Waals surface area contributed by atoms with Crippen molar-refractivity contribution in [1.82, 2.24) is 10.3 Å². The van der Waals surface area contributed by atoms with Crippen molar-refractivity contribution in [2.75, 3.05) is 13.2 Å². The van der Waals surface area contributed by atoms with E-state index in [9.17, 15) is 4.39 Å². The van der Waals surface area contributed by atoms with Crippen LogP contribution in [0.4, 0.5) is 4.39 Å². The van der Waals surface area contributed by atoms with Crippen LogP contribution in [0.5, 0.6) is 5.75 Å². The number of nitrogens with one attached hydrogen (secondary N) is 1. The smallest absolute Gasteiger partial charge is 0.137 e. The molecule has 0 aliphatic heterocycles. The minimum Gasteiger partial charge on any atom is -0.491 e. The van der Waals surface area contributed by atoms with Crippen molar-refractivity contribution < 1.29 is 9.13 Å². The summed E-state index contributed by atoms with van der Waals surface area (Å²) in [5.41, 5.74) is 1.06. The summed E-state index contributed by atoms with van der Waals surface area (Å²) >= 11 is 0. The second-order valence-electron chi connectivity index (χ2n) is 4.26. The summed E-state index contributed by atoms with van der Waals surface area (Å²) in [6.45, 7) is 3.32. The molecule has 2 aromatic rings. The zero-order valence-corrected chi connectivity index (χ0v) is 10.8. The molecule has 0 aliphatic rings. The largest absolute Gasteiger partial charge is 0.491 e. The summed E-state index contributed by atoms with van der Waals surface area (Å²) in [6.07, 6.45) is 3.39. The molecule has 1 aromatic carbocycles. The number of benzene rings is 1. The Kier molecular flexibility index (Phi) is 4.86. The summed E-state index contributed by atoms with van der Waals surface area (Å²) in [6, 6.07) is 10.4. The standard InChI is InChI=1S/C15H17FN2O/c1-12(13-4-6-14(16)7-5-13)18-9-10-19-15-3-2-8-17-11-15/h2-8,11-12,18H,9-10H2,1H3/t12-/m0/s1. The molecule has 1 atom stereocenters. The summed E-state index contributed by atoms with van der Waals surface area (Å²) < 4.78 is 18.3. The lowest BCUT2D eigenvalue weighted by molar-refractivity contribution is 0.306. The Morgan fingerprint density at radius 1 is 1.26 bits per heavy atom. The van der Waals surface area contributed by atoms with Crippen LogP contribution >= 0.6 is 0 Å². The fourth-order valence-electron chi connectivity index (χ4n) is 1.75. The number of hydrogen-bond donors (Lipinski definition) is 1. The SMILES string of the molecule is C[C@H](NCCOc1cccnc1)c1ccc(F)cc1. The quantitative estimate of drug-likeness (QED) is 0.811. The first-order valence-electron chi connectivity index (χ1n) is 6.27. The fourth-order valence-corrected chi connectivity index (χ4v) is 1.75. The Balaban J connectivity index is 1.72. The number of rotatable bonds is 6. The molecule has 1 N–H and O–H groups in total. The molecule has 100 valence electrons. The van der Waals surface area contributed by atoms with Gasteiger partial charge in [0.05, 0.1) is 6.20 Å². The third kappa shape index (κ3) is 4.34. The van der Waals surface area contributed by atoms with Crippen LogP contribution in [0.15, 0.2) is 48.8 Å². The van der Waals surface area contributed by atoms with Crippen molar-refractivity contribution in [3.8, 4) is 5.75 Å². The predicted octanol–water partition coefficient (Wildman–Crippen LogP) is 2.95. The molecule has 2 rings (SSSR count). The molecule has 0 radical (unpaired) electrons. The molecule has 3 nitrogen and oxygen atoms in total. The van der Waals surface area contributed by atoms with E-state index in [0.29, 0.717) is 13.2 Å². The molecular weight excluding hydrogens is 243 g/mol. The lowest BCUT2D eigenvalue weighted by atomic mass is 10.1. The van der Waals surface area contributed by atoms with Gasteiger partial charge in [0.15, 0.2) is 0 Å². The van der Waals surface area contributed by atoms with Crippen molar-refractivity contribution >= 4 is 0 Å². The highest BCUT2D eigenvalue weighted by Gasteiger charge is 2.04. The lowest BCUT2D eigenvalue weighted by Gasteiger charge is -2.14. The van der Waals surface area contributed by atoms with E-state index in [0.717, 1.165) is 11.3 Å². The van der Waals surface area contributed by atoms with Gasteiger partial charge in [-0.05, 0) is 36.8 Å². The third-order valence-corrected chi connectivity index (χ3v) is 2.83. The van der Waals surface area contributed by atoms with E-state index in [2.05, 4.69) is 10.3 Å². The van der Waals surface area contributed by atoms with Crippen LogP contribution in [0.3, 0.4) is 0 Å².